The average molecular weight is 287 g/mol. The minimum Gasteiger partial charge on any atom is -0.336 e. The number of benzene rings is 1. The van der Waals surface area contributed by atoms with Crippen molar-refractivity contribution >= 4 is 43.6 Å². The molecule has 0 aliphatic carbocycles. The Morgan fingerprint density at radius 2 is 2.30 bits per heavy atom. The van der Waals surface area contributed by atoms with Crippen LogP contribution in [-0.4, -0.2) is 33.4 Å². The minimum atomic E-state index is -0.0704. The van der Waals surface area contributed by atoms with Gasteiger partial charge in [0.1, 0.15) is 0 Å². The van der Waals surface area contributed by atoms with Gasteiger partial charge in [-0.05, 0) is 19.1 Å². The first kappa shape index (κ1) is 11.7. The summed E-state index contributed by atoms with van der Waals surface area (Å²) in [4.78, 5) is 18.3. The molecule has 2 aromatic heterocycles. The van der Waals surface area contributed by atoms with Crippen LogP contribution in [-0.2, 0) is 7.05 Å². The number of aryl methyl sites for hydroxylation is 1. The normalized spacial score (nSPS) is 19.2. The van der Waals surface area contributed by atoms with Gasteiger partial charge in [0, 0.05) is 25.2 Å². The van der Waals surface area contributed by atoms with Gasteiger partial charge < -0.3 is 5.32 Å². The Hall–Kier alpha value is -2.15. The van der Waals surface area contributed by atoms with E-state index in [4.69, 9.17) is 0 Å². The number of hydrogen-bond donors (Lipinski definition) is 1. The van der Waals surface area contributed by atoms with Crippen molar-refractivity contribution in [3.05, 3.63) is 18.3 Å². The summed E-state index contributed by atoms with van der Waals surface area (Å²) in [5.74, 6) is 0. The smallest absolute Gasteiger partial charge is 0.324 e. The van der Waals surface area contributed by atoms with E-state index in [9.17, 15) is 4.79 Å². The van der Waals surface area contributed by atoms with Gasteiger partial charge in [0.25, 0.3) is 0 Å². The van der Waals surface area contributed by atoms with Gasteiger partial charge >= 0.3 is 6.03 Å². The van der Waals surface area contributed by atoms with Crippen LogP contribution in [0.15, 0.2) is 18.3 Å². The summed E-state index contributed by atoms with van der Waals surface area (Å²) in [6.45, 7) is 2.68. The Balaban J connectivity index is 1.94. The highest BCUT2D eigenvalue weighted by Crippen LogP contribution is 2.34. The molecule has 1 unspecified atom stereocenters. The fourth-order valence-electron chi connectivity index (χ4n) is 2.58. The molecule has 4 rings (SSSR count). The molecule has 0 saturated carbocycles. The molecule has 6 nitrogen and oxygen atoms in total. The van der Waals surface area contributed by atoms with E-state index in [1.54, 1.807) is 20.9 Å². The molecular formula is C13H13N5OS. The van der Waals surface area contributed by atoms with Gasteiger partial charge in [0.2, 0.25) is 0 Å². The van der Waals surface area contributed by atoms with E-state index in [1.807, 2.05) is 32.3 Å². The first-order valence-corrected chi connectivity index (χ1v) is 7.25. The number of amides is 2. The summed E-state index contributed by atoms with van der Waals surface area (Å²) in [5.41, 5.74) is 1.85. The van der Waals surface area contributed by atoms with Crippen LogP contribution in [0.25, 0.3) is 21.1 Å². The maximum atomic E-state index is 11.9. The van der Waals surface area contributed by atoms with Gasteiger partial charge in [-0.15, -0.1) is 0 Å². The second-order valence-electron chi connectivity index (χ2n) is 5.05. The van der Waals surface area contributed by atoms with Crippen molar-refractivity contribution in [1.82, 2.24) is 20.1 Å². The number of anilines is 1. The van der Waals surface area contributed by atoms with E-state index in [-0.39, 0.29) is 12.1 Å². The molecule has 0 spiro atoms. The van der Waals surface area contributed by atoms with Crippen LogP contribution >= 0.6 is 11.3 Å². The number of urea groups is 1. The standard InChI is InChI=1S/C13H13N5OS/c1-7-5-14-12(19)18(7)13-15-11-8-6-17(2)16-9(8)3-4-10(11)20-13/h3-4,6-7H,5H2,1-2H3,(H,14,19). The summed E-state index contributed by atoms with van der Waals surface area (Å²) >= 11 is 1.54. The Bertz CT molecular complexity index is 836. The van der Waals surface area contributed by atoms with Crippen molar-refractivity contribution in [1.29, 1.82) is 0 Å². The van der Waals surface area contributed by atoms with Crippen LogP contribution in [0.4, 0.5) is 9.93 Å². The average Bonchev–Trinajstić information content (AvgIpc) is 3.05. The monoisotopic (exact) mass is 287 g/mol. The highest BCUT2D eigenvalue weighted by Gasteiger charge is 2.31. The maximum Gasteiger partial charge on any atom is 0.324 e. The van der Waals surface area contributed by atoms with Crippen LogP contribution in [0.1, 0.15) is 6.92 Å². The molecule has 1 atom stereocenters. The lowest BCUT2D eigenvalue weighted by Crippen LogP contribution is -2.32. The number of aromatic nitrogens is 3. The molecule has 1 aliphatic rings. The molecule has 1 fully saturated rings. The predicted octanol–water partition coefficient (Wildman–Crippen LogP) is 2.10. The molecule has 1 saturated heterocycles. The van der Waals surface area contributed by atoms with Gasteiger partial charge in [0.15, 0.2) is 5.13 Å². The largest absolute Gasteiger partial charge is 0.336 e. The van der Waals surface area contributed by atoms with E-state index >= 15 is 0 Å². The first-order valence-electron chi connectivity index (χ1n) is 6.43. The van der Waals surface area contributed by atoms with E-state index in [1.165, 1.54) is 0 Å². The molecule has 1 N–H and O–H groups in total. The maximum absolute atomic E-state index is 11.9. The van der Waals surface area contributed by atoms with Crippen molar-refractivity contribution in [2.45, 2.75) is 13.0 Å². The number of carbonyl (C=O) groups excluding carboxylic acids is 1. The van der Waals surface area contributed by atoms with Crippen LogP contribution in [0.5, 0.6) is 0 Å². The third kappa shape index (κ3) is 1.53. The fraction of sp³-hybridized carbons (Fsp3) is 0.308. The lowest BCUT2D eigenvalue weighted by Gasteiger charge is -2.15. The molecule has 0 radical (unpaired) electrons. The second-order valence-corrected chi connectivity index (χ2v) is 6.06. The third-order valence-electron chi connectivity index (χ3n) is 3.56. The summed E-state index contributed by atoms with van der Waals surface area (Å²) in [6, 6.07) is 4.07. The quantitative estimate of drug-likeness (QED) is 0.745. The molecule has 3 heterocycles. The van der Waals surface area contributed by atoms with Gasteiger partial charge in [-0.3, -0.25) is 9.58 Å². The number of nitrogens with zero attached hydrogens (tertiary/aromatic N) is 4. The number of rotatable bonds is 1. The highest BCUT2D eigenvalue weighted by molar-refractivity contribution is 7.22. The lowest BCUT2D eigenvalue weighted by atomic mass is 10.2. The first-order chi connectivity index (χ1) is 9.63. The molecule has 102 valence electrons. The van der Waals surface area contributed by atoms with Crippen molar-refractivity contribution in [2.75, 3.05) is 11.4 Å². The summed E-state index contributed by atoms with van der Waals surface area (Å²) in [7, 11) is 1.90. The summed E-state index contributed by atoms with van der Waals surface area (Å²) < 4.78 is 2.86. The molecular weight excluding hydrogens is 274 g/mol. The van der Waals surface area contributed by atoms with E-state index in [0.29, 0.717) is 6.54 Å². The molecule has 7 heteroatoms. The SMILES string of the molecule is CC1CNC(=O)N1c1nc2c(ccc3nn(C)cc32)s1. The van der Waals surface area contributed by atoms with Crippen molar-refractivity contribution in [2.24, 2.45) is 7.05 Å². The van der Waals surface area contributed by atoms with Gasteiger partial charge in [-0.2, -0.15) is 5.10 Å². The van der Waals surface area contributed by atoms with Crippen molar-refractivity contribution < 1.29 is 4.79 Å². The Morgan fingerprint density at radius 3 is 3.05 bits per heavy atom. The molecule has 1 aliphatic heterocycles. The van der Waals surface area contributed by atoms with Gasteiger partial charge in [-0.1, -0.05) is 11.3 Å². The van der Waals surface area contributed by atoms with Crippen molar-refractivity contribution in [3.8, 4) is 0 Å². The molecule has 1 aromatic carbocycles. The van der Waals surface area contributed by atoms with Gasteiger partial charge in [-0.25, -0.2) is 9.78 Å². The predicted molar refractivity (Wildman–Crippen MR) is 79.2 cm³/mol. The highest BCUT2D eigenvalue weighted by atomic mass is 32.1. The summed E-state index contributed by atoms with van der Waals surface area (Å²) in [6.07, 6.45) is 1.97. The second kappa shape index (κ2) is 3.92. The Morgan fingerprint density at radius 1 is 1.45 bits per heavy atom. The zero-order valence-electron chi connectivity index (χ0n) is 11.1. The zero-order valence-corrected chi connectivity index (χ0v) is 11.9. The lowest BCUT2D eigenvalue weighted by molar-refractivity contribution is 0.252. The zero-order chi connectivity index (χ0) is 13.9. The summed E-state index contributed by atoms with van der Waals surface area (Å²) in [5, 5.41) is 9.01. The van der Waals surface area contributed by atoms with E-state index in [0.717, 1.165) is 26.3 Å². The van der Waals surface area contributed by atoms with Crippen LogP contribution < -0.4 is 10.2 Å². The molecule has 2 amide bonds. The number of fused-ring (bicyclic) bond motifs is 3. The topological polar surface area (TPSA) is 63.1 Å². The minimum absolute atomic E-state index is 0.0704. The number of nitrogens with one attached hydrogen (secondary N) is 1. The van der Waals surface area contributed by atoms with Gasteiger partial charge in [0.05, 0.1) is 21.8 Å². The Kier molecular flexibility index (Phi) is 2.29. The van der Waals surface area contributed by atoms with Crippen LogP contribution in [0, 0.1) is 0 Å². The fourth-order valence-corrected chi connectivity index (χ4v) is 3.67. The van der Waals surface area contributed by atoms with Crippen LogP contribution in [0.3, 0.4) is 0 Å². The van der Waals surface area contributed by atoms with Crippen molar-refractivity contribution in [3.63, 3.8) is 0 Å². The molecule has 3 aromatic rings. The van der Waals surface area contributed by atoms with E-state index in [2.05, 4.69) is 15.4 Å². The third-order valence-corrected chi connectivity index (χ3v) is 4.58. The molecule has 0 bridgehead atoms. The number of carbonyl (C=O) groups is 1. The number of hydrogen-bond acceptors (Lipinski definition) is 4. The van der Waals surface area contributed by atoms with E-state index < -0.39 is 0 Å². The Labute approximate surface area is 119 Å². The van der Waals surface area contributed by atoms with Crippen LogP contribution in [0.2, 0.25) is 0 Å². The molecule has 20 heavy (non-hydrogen) atoms. The number of thiazole rings is 1.